The molecule has 3 rings (SSSR count). The number of nitrogens with zero attached hydrogens (tertiary/aromatic N) is 1. The summed E-state index contributed by atoms with van der Waals surface area (Å²) in [5.74, 6) is 0.969. The molecule has 0 spiro atoms. The van der Waals surface area contributed by atoms with Crippen molar-refractivity contribution in [1.82, 2.24) is 5.32 Å². The molecule has 1 heterocycles. The lowest BCUT2D eigenvalue weighted by Gasteiger charge is -2.18. The number of fused-ring (bicyclic) bond motifs is 1. The summed E-state index contributed by atoms with van der Waals surface area (Å²) in [7, 11) is 1.57. The lowest BCUT2D eigenvalue weighted by molar-refractivity contribution is -0.126. The van der Waals surface area contributed by atoms with Crippen LogP contribution >= 0.6 is 0 Å². The van der Waals surface area contributed by atoms with Crippen LogP contribution in [0.3, 0.4) is 0 Å². The molecule has 0 saturated heterocycles. The van der Waals surface area contributed by atoms with Crippen molar-refractivity contribution in [3.05, 3.63) is 54.1 Å². The molecule has 1 N–H and O–H groups in total. The molecule has 2 amide bonds. The fourth-order valence-corrected chi connectivity index (χ4v) is 2.89. The van der Waals surface area contributed by atoms with E-state index in [0.29, 0.717) is 18.9 Å². The van der Waals surface area contributed by atoms with Crippen LogP contribution in [-0.2, 0) is 9.59 Å². The largest absolute Gasteiger partial charge is 0.497 e. The van der Waals surface area contributed by atoms with Gasteiger partial charge in [0.2, 0.25) is 5.91 Å². The molecule has 1 aliphatic rings. The van der Waals surface area contributed by atoms with Gasteiger partial charge in [-0.25, -0.2) is 0 Å². The number of anilines is 1. The van der Waals surface area contributed by atoms with Gasteiger partial charge in [-0.1, -0.05) is 18.2 Å². The highest BCUT2D eigenvalue weighted by Crippen LogP contribution is 2.38. The van der Waals surface area contributed by atoms with Crippen LogP contribution in [-0.4, -0.2) is 32.1 Å². The van der Waals surface area contributed by atoms with Gasteiger partial charge in [0.05, 0.1) is 13.7 Å². The standard InChI is InChI=1S/C19H20N2O4/c1-13(22)20-18-16-12-15(24-2)8-9-17(16)21(19(18)23)10-11-25-14-6-4-3-5-7-14/h3-9,12,18H,10-11H2,1-2H3,(H,20,22)/t18-/m1/s1. The topological polar surface area (TPSA) is 67.9 Å². The summed E-state index contributed by atoms with van der Waals surface area (Å²) in [6.07, 6.45) is 0. The van der Waals surface area contributed by atoms with Gasteiger partial charge in [0, 0.05) is 18.2 Å². The zero-order chi connectivity index (χ0) is 17.8. The monoisotopic (exact) mass is 340 g/mol. The van der Waals surface area contributed by atoms with Crippen molar-refractivity contribution in [2.45, 2.75) is 13.0 Å². The maximum absolute atomic E-state index is 12.8. The zero-order valence-electron chi connectivity index (χ0n) is 14.2. The molecule has 2 aromatic carbocycles. The number of carbonyl (C=O) groups is 2. The highest BCUT2D eigenvalue weighted by atomic mass is 16.5. The molecule has 6 heteroatoms. The van der Waals surface area contributed by atoms with E-state index in [-0.39, 0.29) is 11.8 Å². The molecule has 0 bridgehead atoms. The average molecular weight is 340 g/mol. The molecule has 0 aromatic heterocycles. The highest BCUT2D eigenvalue weighted by Gasteiger charge is 2.38. The van der Waals surface area contributed by atoms with E-state index in [2.05, 4.69) is 5.32 Å². The van der Waals surface area contributed by atoms with Crippen molar-refractivity contribution in [3.8, 4) is 11.5 Å². The van der Waals surface area contributed by atoms with E-state index in [1.165, 1.54) is 6.92 Å². The molecule has 0 fully saturated rings. The summed E-state index contributed by atoms with van der Waals surface area (Å²) >= 11 is 0. The van der Waals surface area contributed by atoms with Gasteiger partial charge in [-0.3, -0.25) is 9.59 Å². The molecule has 0 aliphatic carbocycles. The molecule has 130 valence electrons. The van der Waals surface area contributed by atoms with Crippen molar-refractivity contribution in [2.24, 2.45) is 0 Å². The predicted octanol–water partition coefficient (Wildman–Crippen LogP) is 2.30. The van der Waals surface area contributed by atoms with Crippen LogP contribution < -0.4 is 19.7 Å². The number of hydrogen-bond donors (Lipinski definition) is 1. The van der Waals surface area contributed by atoms with E-state index in [0.717, 1.165) is 17.0 Å². The second-order valence-corrected chi connectivity index (χ2v) is 5.71. The van der Waals surface area contributed by atoms with Crippen LogP contribution in [0.1, 0.15) is 18.5 Å². The van der Waals surface area contributed by atoms with Gasteiger partial charge in [0.1, 0.15) is 24.1 Å². The first-order chi connectivity index (χ1) is 12.1. The van der Waals surface area contributed by atoms with Crippen LogP contribution in [0.5, 0.6) is 11.5 Å². The second kappa shape index (κ2) is 7.25. The van der Waals surface area contributed by atoms with E-state index >= 15 is 0 Å². The number of carbonyl (C=O) groups excluding carboxylic acids is 2. The van der Waals surface area contributed by atoms with Gasteiger partial charge in [0.15, 0.2) is 0 Å². The summed E-state index contributed by atoms with van der Waals surface area (Å²) in [5, 5.41) is 2.71. The highest BCUT2D eigenvalue weighted by molar-refractivity contribution is 6.06. The maximum Gasteiger partial charge on any atom is 0.254 e. The minimum atomic E-state index is -0.695. The lowest BCUT2D eigenvalue weighted by atomic mass is 10.1. The van der Waals surface area contributed by atoms with Crippen molar-refractivity contribution >= 4 is 17.5 Å². The number of para-hydroxylation sites is 1. The van der Waals surface area contributed by atoms with Gasteiger partial charge in [-0.2, -0.15) is 0 Å². The van der Waals surface area contributed by atoms with Gasteiger partial charge >= 0.3 is 0 Å². The number of methoxy groups -OCH3 is 1. The Morgan fingerprint density at radius 1 is 1.16 bits per heavy atom. The first-order valence-corrected chi connectivity index (χ1v) is 8.04. The molecule has 2 aromatic rings. The van der Waals surface area contributed by atoms with Crippen LogP contribution in [0, 0.1) is 0 Å². The maximum atomic E-state index is 12.8. The normalized spacial score (nSPS) is 15.7. The number of nitrogens with one attached hydrogen (secondary N) is 1. The Hall–Kier alpha value is -3.02. The third-order valence-electron chi connectivity index (χ3n) is 4.02. The van der Waals surface area contributed by atoms with Crippen molar-refractivity contribution in [1.29, 1.82) is 0 Å². The lowest BCUT2D eigenvalue weighted by Crippen LogP contribution is -2.38. The van der Waals surface area contributed by atoms with Gasteiger partial charge in [-0.15, -0.1) is 0 Å². The minimum absolute atomic E-state index is 0.171. The molecule has 1 aliphatic heterocycles. The zero-order valence-corrected chi connectivity index (χ0v) is 14.2. The Bertz CT molecular complexity index is 776. The van der Waals surface area contributed by atoms with Crippen molar-refractivity contribution in [3.63, 3.8) is 0 Å². The van der Waals surface area contributed by atoms with E-state index < -0.39 is 6.04 Å². The fourth-order valence-electron chi connectivity index (χ4n) is 2.89. The summed E-state index contributed by atoms with van der Waals surface area (Å²) in [6, 6.07) is 14.2. The van der Waals surface area contributed by atoms with E-state index in [9.17, 15) is 9.59 Å². The first-order valence-electron chi connectivity index (χ1n) is 8.04. The summed E-state index contributed by atoms with van der Waals surface area (Å²) < 4.78 is 10.9. The molecule has 25 heavy (non-hydrogen) atoms. The Morgan fingerprint density at radius 3 is 2.60 bits per heavy atom. The van der Waals surface area contributed by atoms with E-state index in [1.807, 2.05) is 36.4 Å². The molecule has 0 unspecified atom stereocenters. The molecule has 0 radical (unpaired) electrons. The smallest absolute Gasteiger partial charge is 0.254 e. The molecule has 6 nitrogen and oxygen atoms in total. The molecule has 1 atom stereocenters. The molecule has 0 saturated carbocycles. The SMILES string of the molecule is COc1ccc2c(c1)[C@@H](NC(C)=O)C(=O)N2CCOc1ccccc1. The van der Waals surface area contributed by atoms with Crippen molar-refractivity contribution in [2.75, 3.05) is 25.2 Å². The van der Waals surface area contributed by atoms with Crippen LogP contribution in [0.4, 0.5) is 5.69 Å². The third-order valence-corrected chi connectivity index (χ3v) is 4.02. The van der Waals surface area contributed by atoms with Crippen LogP contribution in [0.15, 0.2) is 48.5 Å². The Balaban J connectivity index is 1.78. The number of ether oxygens (including phenoxy) is 2. The summed E-state index contributed by atoms with van der Waals surface area (Å²) in [6.45, 7) is 2.14. The van der Waals surface area contributed by atoms with Gasteiger partial charge in [-0.05, 0) is 30.3 Å². The molecular formula is C19H20N2O4. The van der Waals surface area contributed by atoms with Gasteiger partial charge in [0.25, 0.3) is 5.91 Å². The van der Waals surface area contributed by atoms with Crippen molar-refractivity contribution < 1.29 is 19.1 Å². The predicted molar refractivity (Wildman–Crippen MR) is 93.8 cm³/mol. The minimum Gasteiger partial charge on any atom is -0.497 e. The van der Waals surface area contributed by atoms with E-state index in [4.69, 9.17) is 9.47 Å². The Labute approximate surface area is 146 Å². The first kappa shape index (κ1) is 16.8. The van der Waals surface area contributed by atoms with Gasteiger partial charge < -0.3 is 19.7 Å². The average Bonchev–Trinajstić information content (AvgIpc) is 2.87. The number of benzene rings is 2. The third kappa shape index (κ3) is 3.57. The van der Waals surface area contributed by atoms with Crippen LogP contribution in [0.2, 0.25) is 0 Å². The summed E-state index contributed by atoms with van der Waals surface area (Å²) in [4.78, 5) is 25.9. The Morgan fingerprint density at radius 2 is 1.92 bits per heavy atom. The Kier molecular flexibility index (Phi) is 4.88. The fraction of sp³-hybridized carbons (Fsp3) is 0.263. The number of hydrogen-bond acceptors (Lipinski definition) is 4. The molecular weight excluding hydrogens is 320 g/mol. The quantitative estimate of drug-likeness (QED) is 0.876. The van der Waals surface area contributed by atoms with E-state index in [1.54, 1.807) is 24.1 Å². The number of amides is 2. The summed E-state index contributed by atoms with van der Waals surface area (Å²) in [5.41, 5.74) is 1.50. The number of rotatable bonds is 6. The van der Waals surface area contributed by atoms with Crippen LogP contribution in [0.25, 0.3) is 0 Å². The second-order valence-electron chi connectivity index (χ2n) is 5.71.